The Morgan fingerprint density at radius 3 is 1.75 bits per heavy atom. The van der Waals surface area contributed by atoms with E-state index in [-0.39, 0.29) is 73.9 Å². The minimum absolute atomic E-state index is 0.00961. The van der Waals surface area contributed by atoms with Crippen molar-refractivity contribution in [2.75, 3.05) is 59.4 Å². The number of fused-ring (bicyclic) bond motifs is 5. The Balaban J connectivity index is 0.867. The van der Waals surface area contributed by atoms with Gasteiger partial charge in [0, 0.05) is 56.4 Å². The molecule has 23 heteroatoms. The number of nitrogens with one attached hydrogen (secondary N) is 2. The molecule has 4 aliphatic rings. The van der Waals surface area contributed by atoms with Gasteiger partial charge in [-0.15, -0.1) is 0 Å². The van der Waals surface area contributed by atoms with E-state index in [4.69, 9.17) is 37.5 Å². The Kier molecular flexibility index (Phi) is 30.2. The summed E-state index contributed by atoms with van der Waals surface area (Å²) in [4.78, 5) is 110. The van der Waals surface area contributed by atoms with Crippen molar-refractivity contribution in [3.05, 3.63) is 149 Å². The van der Waals surface area contributed by atoms with Crippen molar-refractivity contribution in [2.45, 2.75) is 237 Å². The molecule has 4 aromatic rings. The molecule has 1 heterocycles. The number of rotatable bonds is 41. The quantitative estimate of drug-likeness (QED) is 0.00689. The summed E-state index contributed by atoms with van der Waals surface area (Å²) in [5.74, 6) is -6.84. The van der Waals surface area contributed by atoms with Crippen LogP contribution in [-0.2, 0) is 72.4 Å². The number of hydrogen-bond donors (Lipinski definition) is 5. The van der Waals surface area contributed by atoms with Gasteiger partial charge in [-0.25, -0.2) is 14.2 Å². The largest absolute Gasteiger partial charge is 0.472 e. The number of aryl methyl sites for hydroxylation is 1. The van der Waals surface area contributed by atoms with Crippen LogP contribution in [0.25, 0.3) is 0 Å². The second-order valence-electron chi connectivity index (χ2n) is 30.5. The van der Waals surface area contributed by atoms with Crippen LogP contribution in [-0.4, -0.2) is 163 Å². The number of anilines is 1. The topological polar surface area (TPSA) is 295 Å². The Morgan fingerprint density at radius 2 is 1.20 bits per heavy atom. The van der Waals surface area contributed by atoms with Gasteiger partial charge in [0.15, 0.2) is 23.6 Å². The summed E-state index contributed by atoms with van der Waals surface area (Å²) < 4.78 is 60.8. The van der Waals surface area contributed by atoms with Gasteiger partial charge in [-0.05, 0) is 105 Å². The summed E-state index contributed by atoms with van der Waals surface area (Å²) in [5.41, 5.74) is -5.15. The zero-order valence-corrected chi connectivity index (χ0v) is 63.3. The van der Waals surface area contributed by atoms with E-state index < -0.39 is 120 Å². The third kappa shape index (κ3) is 21.6. The molecule has 12 atom stereocenters. The number of phosphoric ester groups is 1. The first kappa shape index (κ1) is 82.7. The number of unbranched alkanes of at least 4 members (excludes halogenated alkanes) is 16. The molecule has 1 aliphatic heterocycles. The normalized spacial score (nSPS) is 24.5. The van der Waals surface area contributed by atoms with E-state index in [2.05, 4.69) is 10.6 Å². The van der Waals surface area contributed by atoms with E-state index in [9.17, 15) is 43.6 Å². The molecular weight excluding hydrogens is 1350 g/mol. The number of amides is 2. The van der Waals surface area contributed by atoms with Crippen LogP contribution in [0.15, 0.2) is 126 Å². The lowest BCUT2D eigenvalue weighted by atomic mass is 9.44. The van der Waals surface area contributed by atoms with Crippen molar-refractivity contribution in [3.63, 3.8) is 0 Å². The Morgan fingerprint density at radius 1 is 0.663 bits per heavy atom. The number of hydrogen-bond acceptors (Lipinski definition) is 18. The number of carbonyl (C=O) groups is 7. The van der Waals surface area contributed by atoms with Crippen molar-refractivity contribution in [2.24, 2.45) is 16.7 Å². The summed E-state index contributed by atoms with van der Waals surface area (Å²) in [7, 11) is 2.01. The average Bonchev–Trinajstić information content (AvgIpc) is 0.669. The number of carbonyl (C=O) groups excluding carboxylic acids is 7. The van der Waals surface area contributed by atoms with Crippen molar-refractivity contribution in [3.8, 4) is 0 Å². The molecule has 3 aliphatic carbocycles. The maximum Gasteiger partial charge on any atom is 0.472 e. The Bertz CT molecular complexity index is 3570. The maximum absolute atomic E-state index is 15.9. The second-order valence-corrected chi connectivity index (χ2v) is 31.9. The highest BCUT2D eigenvalue weighted by molar-refractivity contribution is 7.47. The fourth-order valence-corrected chi connectivity index (χ4v) is 16.2. The molecule has 570 valence electrons. The average molecular weight is 1460 g/mol. The summed E-state index contributed by atoms with van der Waals surface area (Å²) in [6.45, 7) is 9.08. The minimum atomic E-state index is -3.98. The van der Waals surface area contributed by atoms with Crippen LogP contribution in [0.4, 0.5) is 5.69 Å². The van der Waals surface area contributed by atoms with Gasteiger partial charge >= 0.3 is 31.7 Å². The lowest BCUT2D eigenvalue weighted by Crippen LogP contribution is -2.82. The van der Waals surface area contributed by atoms with Gasteiger partial charge in [0.2, 0.25) is 5.91 Å². The summed E-state index contributed by atoms with van der Waals surface area (Å²) in [5, 5.41) is 32.5. The highest BCUT2D eigenvalue weighted by Gasteiger charge is 2.78. The second kappa shape index (κ2) is 38.0. The van der Waals surface area contributed by atoms with Crippen molar-refractivity contribution in [1.82, 2.24) is 5.32 Å². The molecule has 0 aromatic heterocycles. The van der Waals surface area contributed by atoms with Gasteiger partial charge in [-0.3, -0.25) is 33.0 Å². The van der Waals surface area contributed by atoms with Gasteiger partial charge < -0.3 is 58.6 Å². The van der Waals surface area contributed by atoms with E-state index in [0.29, 0.717) is 28.7 Å². The number of likely N-dealkylation sites (N-methyl/N-ethyl adjacent to an activating group) is 1. The molecule has 0 spiro atoms. The van der Waals surface area contributed by atoms with Gasteiger partial charge in [0.1, 0.15) is 37.1 Å². The van der Waals surface area contributed by atoms with Crippen LogP contribution >= 0.6 is 7.82 Å². The van der Waals surface area contributed by atoms with Crippen molar-refractivity contribution >= 4 is 55.0 Å². The number of aliphatic hydroxyl groups excluding tert-OH is 1. The number of Topliss-reactive ketones (excluding diaryl/α,β-unsaturated/α-hetero) is 1. The summed E-state index contributed by atoms with van der Waals surface area (Å²) in [6, 6.07) is 31.7. The molecule has 8 rings (SSSR count). The molecule has 3 fully saturated rings. The highest BCUT2D eigenvalue weighted by Crippen LogP contribution is 2.64. The zero-order valence-electron chi connectivity index (χ0n) is 62.4. The fourth-order valence-electron chi connectivity index (χ4n) is 15.5. The monoisotopic (exact) mass is 1460 g/mol. The van der Waals surface area contributed by atoms with Crippen molar-refractivity contribution in [1.29, 1.82) is 0 Å². The molecular formula is C81H113N3O19P+. The third-order valence-electron chi connectivity index (χ3n) is 21.4. The molecule has 4 aromatic carbocycles. The number of quaternary nitrogens is 1. The van der Waals surface area contributed by atoms with Crippen LogP contribution in [0, 0.1) is 16.7 Å². The third-order valence-corrected chi connectivity index (χ3v) is 22.4. The highest BCUT2D eigenvalue weighted by atomic mass is 31.2. The standard InChI is InChI=1S/C81H112N3O19P/c1-56-64(54-81(93)74(102-76(91)62-42-32-26-33-43-62)72-79(6,65(87)53-66-80(72,55-97-66)103-58(3)86)73(89)70(100-57(2)85)68(56)78(81,4)5)101-77(92)71(69(60-38-28-24-29-39-60)83-75(90)61-40-30-25-31-41-61)96-50-36-34-44-67(88)82-63-47-45-59(46-48-63)37-27-22-20-18-16-14-12-10-11-13-15-17-19-21-23-35-51-98-104(94,95)99-52-49-84(7,8)9/h24-26,28-33,38-43,45-48,64-66,69-72,74,87,93H,10-23,27,34-37,44,49-55H2,1-9H3,(H2-,82,83,88,90,94,95)/p+1/t64-,65-,66+,69-,70+,71+,72-,74-,79+,80-,81+/m0/s1. The first-order chi connectivity index (χ1) is 49.5. The molecule has 0 radical (unpaired) electrons. The number of ether oxygens (including phenoxy) is 6. The van der Waals surface area contributed by atoms with Gasteiger partial charge in [0.25, 0.3) is 5.91 Å². The van der Waals surface area contributed by atoms with Gasteiger partial charge in [0.05, 0.1) is 63.4 Å². The Labute approximate surface area is 614 Å². The van der Waals surface area contributed by atoms with Crippen LogP contribution in [0.5, 0.6) is 0 Å². The molecule has 2 bridgehead atoms. The molecule has 2 saturated carbocycles. The van der Waals surface area contributed by atoms with E-state index in [1.807, 2.05) is 45.4 Å². The summed E-state index contributed by atoms with van der Waals surface area (Å²) in [6.07, 6.45) is 10.2. The van der Waals surface area contributed by atoms with Crippen LogP contribution in [0.1, 0.15) is 214 Å². The van der Waals surface area contributed by atoms with Crippen molar-refractivity contribution < 1.29 is 95.2 Å². The predicted octanol–water partition coefficient (Wildman–Crippen LogP) is 13.2. The molecule has 1 saturated heterocycles. The SMILES string of the molecule is CC(=O)O[C@H]1C(=O)[C@@]2(C)[C@H]([C@H](OC(=O)c3ccccc3)[C@]3(O)C[C@H](OC(=O)[C@H](OCCCCC(=O)Nc4ccc(CCCCCCCCCCCCCCCCCCOP(=O)(O)OCC[N+](C)(C)C)cc4)[C@@H](NC(=O)c4ccccc4)c4ccccc4)C(C)=C1C3(C)C)[C@]1(OC(C)=O)CO[C@@H]1C[C@@H]2O. The number of phosphoric acid groups is 1. The fraction of sp³-hybridized carbons (Fsp3) is 0.593. The van der Waals surface area contributed by atoms with E-state index in [1.165, 1.54) is 102 Å². The van der Waals surface area contributed by atoms with E-state index in [1.54, 1.807) is 99.6 Å². The van der Waals surface area contributed by atoms with E-state index >= 15 is 9.59 Å². The lowest BCUT2D eigenvalue weighted by molar-refractivity contribution is -0.870. The maximum atomic E-state index is 15.9. The molecule has 1 unspecified atom stereocenters. The van der Waals surface area contributed by atoms with Crippen LogP contribution in [0.2, 0.25) is 0 Å². The number of esters is 4. The summed E-state index contributed by atoms with van der Waals surface area (Å²) >= 11 is 0. The van der Waals surface area contributed by atoms with Crippen LogP contribution < -0.4 is 10.6 Å². The smallest absolute Gasteiger partial charge is 0.456 e. The lowest BCUT2D eigenvalue weighted by Gasteiger charge is -2.67. The predicted molar refractivity (Wildman–Crippen MR) is 393 cm³/mol. The molecule has 2 amide bonds. The van der Waals surface area contributed by atoms with Crippen LogP contribution in [0.3, 0.4) is 0 Å². The van der Waals surface area contributed by atoms with Gasteiger partial charge in [-0.2, -0.15) is 0 Å². The molecule has 5 N–H and O–H groups in total. The Hall–Kier alpha value is -6.98. The van der Waals surface area contributed by atoms with Gasteiger partial charge in [-0.1, -0.05) is 183 Å². The first-order valence-electron chi connectivity index (χ1n) is 37.5. The molecule has 104 heavy (non-hydrogen) atoms. The number of benzene rings is 4. The number of ketones is 1. The molecule has 22 nitrogen and oxygen atoms in total. The minimum Gasteiger partial charge on any atom is -0.456 e. The first-order valence-corrected chi connectivity index (χ1v) is 39.0. The van der Waals surface area contributed by atoms with E-state index in [0.717, 1.165) is 45.4 Å². The number of aliphatic hydroxyl groups is 2. The zero-order chi connectivity index (χ0) is 75.3. The number of nitrogens with zero attached hydrogens (tertiary/aromatic N) is 1.